The van der Waals surface area contributed by atoms with Gasteiger partial charge in [0.2, 0.25) is 0 Å². The lowest BCUT2D eigenvalue weighted by atomic mass is 9.94. The number of fused-ring (bicyclic) bond motifs is 6. The molecule has 0 aliphatic carbocycles. The van der Waals surface area contributed by atoms with Gasteiger partial charge in [-0.25, -0.2) is 0 Å². The minimum absolute atomic E-state index is 0.549. The zero-order valence-corrected chi connectivity index (χ0v) is 35.7. The van der Waals surface area contributed by atoms with Crippen molar-refractivity contribution in [2.75, 3.05) is 4.90 Å². The molecule has 0 saturated heterocycles. The predicted octanol–water partition coefficient (Wildman–Crippen LogP) is 18.1. The number of rotatable bonds is 9. The Hall–Kier alpha value is -8.31. The normalized spacial score (nSPS) is 11.5. The molecule has 2 aromatic heterocycles. The molecule has 0 saturated carbocycles. The van der Waals surface area contributed by atoms with Crippen molar-refractivity contribution in [1.29, 1.82) is 0 Å². The summed E-state index contributed by atoms with van der Waals surface area (Å²) in [6, 6.07) is 79.5. The number of furan rings is 2. The van der Waals surface area contributed by atoms with Crippen molar-refractivity contribution in [1.82, 2.24) is 0 Å². The molecule has 0 aliphatic rings. The van der Waals surface area contributed by atoms with Gasteiger partial charge in [-0.3, -0.25) is 0 Å². The lowest BCUT2D eigenvalue weighted by Crippen LogP contribution is -2.13. The van der Waals surface area contributed by atoms with E-state index in [0.717, 1.165) is 105 Å². The number of halogens is 1. The minimum atomic E-state index is 0.549. The van der Waals surface area contributed by atoms with Crippen LogP contribution in [-0.2, 0) is 0 Å². The maximum atomic E-state index is 7.09. The summed E-state index contributed by atoms with van der Waals surface area (Å²) < 4.78 is 19.1. The fourth-order valence-electron chi connectivity index (χ4n) is 9.09. The highest BCUT2D eigenvalue weighted by molar-refractivity contribution is 6.31. The van der Waals surface area contributed by atoms with Gasteiger partial charge in [0.1, 0.15) is 33.8 Å². The first-order valence-corrected chi connectivity index (χ1v) is 22.0. The lowest BCUT2D eigenvalue weighted by Gasteiger charge is -2.31. The number of para-hydroxylation sites is 3. The Morgan fingerprint density at radius 3 is 1.35 bits per heavy atom. The van der Waals surface area contributed by atoms with Crippen molar-refractivity contribution in [2.45, 2.75) is 0 Å². The van der Waals surface area contributed by atoms with Crippen molar-refractivity contribution in [3.63, 3.8) is 0 Å². The van der Waals surface area contributed by atoms with Gasteiger partial charge in [-0.05, 0) is 106 Å². The third kappa shape index (κ3) is 7.16. The van der Waals surface area contributed by atoms with Crippen LogP contribution in [0.1, 0.15) is 0 Å². The van der Waals surface area contributed by atoms with Crippen molar-refractivity contribution >= 4 is 72.5 Å². The highest BCUT2D eigenvalue weighted by Crippen LogP contribution is 2.48. The number of benzene rings is 10. The van der Waals surface area contributed by atoms with Gasteiger partial charge in [0.05, 0.1) is 11.4 Å². The highest BCUT2D eigenvalue weighted by Gasteiger charge is 2.23. The van der Waals surface area contributed by atoms with Crippen LogP contribution in [0.15, 0.2) is 239 Å². The average Bonchev–Trinajstić information content (AvgIpc) is 3.93. The van der Waals surface area contributed by atoms with E-state index in [9.17, 15) is 0 Å². The monoisotopic (exact) mass is 855 g/mol. The second kappa shape index (κ2) is 16.1. The van der Waals surface area contributed by atoms with Gasteiger partial charge >= 0.3 is 0 Å². The largest absolute Gasteiger partial charge is 0.457 e. The molecule has 0 N–H and O–H groups in total. The molecule has 0 bridgehead atoms. The topological polar surface area (TPSA) is 38.8 Å². The van der Waals surface area contributed by atoms with E-state index in [-0.39, 0.29) is 0 Å². The number of nitrogens with zero attached hydrogens (tertiary/aromatic N) is 1. The molecule has 0 radical (unpaired) electrons. The van der Waals surface area contributed by atoms with Crippen LogP contribution < -0.4 is 9.64 Å². The molecule has 12 aromatic rings. The molecule has 5 heteroatoms. The zero-order chi connectivity index (χ0) is 43.3. The van der Waals surface area contributed by atoms with E-state index in [1.165, 1.54) is 0 Å². The number of ether oxygens (including phenoxy) is 1. The molecule has 65 heavy (non-hydrogen) atoms. The molecule has 0 unspecified atom stereocenters. The van der Waals surface area contributed by atoms with Crippen molar-refractivity contribution in [3.8, 4) is 56.0 Å². The summed E-state index contributed by atoms with van der Waals surface area (Å²) in [7, 11) is 0. The van der Waals surface area contributed by atoms with E-state index in [0.29, 0.717) is 16.5 Å². The third-order valence-electron chi connectivity index (χ3n) is 12.2. The second-order valence-electron chi connectivity index (χ2n) is 16.2. The summed E-state index contributed by atoms with van der Waals surface area (Å²) >= 11 is 7.09. The van der Waals surface area contributed by atoms with E-state index in [2.05, 4.69) is 175 Å². The number of anilines is 3. The Bertz CT molecular complexity index is 3630. The Kier molecular flexibility index (Phi) is 9.51. The standard InChI is InChI=1S/C60H38ClNO3/c61-45-36-47(38-49(37-45)63-48-30-24-40(25-31-48)44-27-33-55-53-17-8-10-21-57(53)65-59(55)35-44)62(60-50(41-12-3-1-4-13-41)18-11-19-51(60)42-14-5-2-6-15-42)46-28-22-39(23-29-46)43-26-32-54-52-16-7-9-20-56(52)64-58(54)34-43/h1-38H. The summed E-state index contributed by atoms with van der Waals surface area (Å²) in [4.78, 5) is 2.30. The number of hydrogen-bond acceptors (Lipinski definition) is 4. The molecule has 4 nitrogen and oxygen atoms in total. The first-order chi connectivity index (χ1) is 32.1. The smallest absolute Gasteiger partial charge is 0.136 e. The first kappa shape index (κ1) is 38.4. The minimum Gasteiger partial charge on any atom is -0.457 e. The van der Waals surface area contributed by atoms with E-state index >= 15 is 0 Å². The summed E-state index contributed by atoms with van der Waals surface area (Å²) in [6.45, 7) is 0. The number of hydrogen-bond donors (Lipinski definition) is 0. The molecule has 0 spiro atoms. The van der Waals surface area contributed by atoms with Gasteiger partial charge in [0.25, 0.3) is 0 Å². The Morgan fingerprint density at radius 1 is 0.323 bits per heavy atom. The molecule has 0 aliphatic heterocycles. The van der Waals surface area contributed by atoms with Crippen molar-refractivity contribution in [3.05, 3.63) is 236 Å². The fraction of sp³-hybridized carbons (Fsp3) is 0. The average molecular weight is 856 g/mol. The summed E-state index contributed by atoms with van der Waals surface area (Å²) in [5.41, 5.74) is 14.9. The Balaban J connectivity index is 0.951. The van der Waals surface area contributed by atoms with Crippen LogP contribution in [0, 0.1) is 0 Å². The molecule has 10 aromatic carbocycles. The van der Waals surface area contributed by atoms with Crippen LogP contribution in [0.2, 0.25) is 5.02 Å². The van der Waals surface area contributed by atoms with Gasteiger partial charge in [-0.15, -0.1) is 0 Å². The molecule has 0 fully saturated rings. The maximum absolute atomic E-state index is 7.09. The van der Waals surface area contributed by atoms with E-state index in [1.807, 2.05) is 60.7 Å². The lowest BCUT2D eigenvalue weighted by molar-refractivity contribution is 0.483. The predicted molar refractivity (Wildman–Crippen MR) is 269 cm³/mol. The summed E-state index contributed by atoms with van der Waals surface area (Å²) in [6.07, 6.45) is 0. The van der Waals surface area contributed by atoms with Crippen molar-refractivity contribution in [2.24, 2.45) is 0 Å². The van der Waals surface area contributed by atoms with E-state index in [1.54, 1.807) is 0 Å². The quantitative estimate of drug-likeness (QED) is 0.145. The van der Waals surface area contributed by atoms with Gasteiger partial charge in [-0.1, -0.05) is 163 Å². The second-order valence-corrected chi connectivity index (χ2v) is 16.6. The van der Waals surface area contributed by atoms with Crippen LogP contribution in [0.25, 0.3) is 88.4 Å². The van der Waals surface area contributed by atoms with Gasteiger partial charge in [-0.2, -0.15) is 0 Å². The van der Waals surface area contributed by atoms with Crippen LogP contribution in [0.4, 0.5) is 17.1 Å². The molecule has 0 amide bonds. The molecular weight excluding hydrogens is 818 g/mol. The van der Waals surface area contributed by atoms with Crippen LogP contribution in [0.3, 0.4) is 0 Å². The first-order valence-electron chi connectivity index (χ1n) is 21.7. The Labute approximate surface area is 380 Å². The molecule has 2 heterocycles. The van der Waals surface area contributed by atoms with E-state index in [4.69, 9.17) is 25.2 Å². The summed E-state index contributed by atoms with van der Waals surface area (Å²) in [5.74, 6) is 1.31. The third-order valence-corrected chi connectivity index (χ3v) is 12.4. The zero-order valence-electron chi connectivity index (χ0n) is 35.0. The van der Waals surface area contributed by atoms with Gasteiger partial charge in [0.15, 0.2) is 0 Å². The van der Waals surface area contributed by atoms with Crippen LogP contribution in [-0.4, -0.2) is 0 Å². The molecular formula is C60H38ClNO3. The highest BCUT2D eigenvalue weighted by atomic mass is 35.5. The van der Waals surface area contributed by atoms with Gasteiger partial charge in [0, 0.05) is 49.4 Å². The molecule has 0 atom stereocenters. The maximum Gasteiger partial charge on any atom is 0.136 e. The van der Waals surface area contributed by atoms with E-state index < -0.39 is 0 Å². The van der Waals surface area contributed by atoms with Crippen LogP contribution in [0.5, 0.6) is 11.5 Å². The molecule has 12 rings (SSSR count). The fourth-order valence-corrected chi connectivity index (χ4v) is 9.31. The Morgan fingerprint density at radius 2 is 0.800 bits per heavy atom. The van der Waals surface area contributed by atoms with Crippen LogP contribution >= 0.6 is 11.6 Å². The molecule has 308 valence electrons. The summed E-state index contributed by atoms with van der Waals surface area (Å²) in [5, 5.41) is 4.99. The van der Waals surface area contributed by atoms with Crippen molar-refractivity contribution < 1.29 is 13.6 Å². The van der Waals surface area contributed by atoms with Gasteiger partial charge < -0.3 is 18.5 Å². The SMILES string of the molecule is Clc1cc(Oc2ccc(-c3ccc4c(c3)oc3ccccc34)cc2)cc(N(c2ccc(-c3ccc4c(c3)oc3ccccc34)cc2)c2c(-c3ccccc3)cccc2-c2ccccc2)c1.